The molecule has 0 fully saturated rings. The second-order valence-electron chi connectivity index (χ2n) is 6.70. The lowest BCUT2D eigenvalue weighted by Gasteiger charge is -2.03. The molecule has 0 spiro atoms. The van der Waals surface area contributed by atoms with Gasteiger partial charge in [-0.15, -0.1) is 8.58 Å². The molecule has 0 radical (unpaired) electrons. The van der Waals surface area contributed by atoms with Crippen LogP contribution in [0.4, 0.5) is 0 Å². The van der Waals surface area contributed by atoms with Crippen LogP contribution >= 0.6 is 8.58 Å². The highest BCUT2D eigenvalue weighted by Gasteiger charge is 1.94. The van der Waals surface area contributed by atoms with E-state index in [1.807, 2.05) is 0 Å². The third kappa shape index (κ3) is 20.4. The van der Waals surface area contributed by atoms with Crippen molar-refractivity contribution in [1.82, 2.24) is 0 Å². The van der Waals surface area contributed by atoms with Crippen molar-refractivity contribution in [3.05, 3.63) is 0 Å². The number of hydrogen-bond donors (Lipinski definition) is 0. The zero-order chi connectivity index (χ0) is 15.4. The molecule has 1 unspecified atom stereocenters. The Morgan fingerprint density at radius 3 is 1.05 bits per heavy atom. The maximum Gasteiger partial charge on any atom is -0.0353 e. The smallest absolute Gasteiger partial charge is 0.0353 e. The summed E-state index contributed by atoms with van der Waals surface area (Å²) in [5, 5.41) is 0. The second kappa shape index (κ2) is 20.4. The molecule has 0 saturated carbocycles. The predicted molar refractivity (Wildman–Crippen MR) is 103 cm³/mol. The van der Waals surface area contributed by atoms with Crippen LogP contribution in [0.2, 0.25) is 0 Å². The molecule has 0 N–H and O–H groups in total. The first kappa shape index (κ1) is 21.4. The van der Waals surface area contributed by atoms with E-state index >= 15 is 0 Å². The molecule has 0 heterocycles. The number of hydrogen-bond acceptors (Lipinski definition) is 0. The molecular formula is C20H43P. The van der Waals surface area contributed by atoms with Gasteiger partial charge in [-0.25, -0.2) is 0 Å². The van der Waals surface area contributed by atoms with Crippen LogP contribution in [0.15, 0.2) is 0 Å². The quantitative estimate of drug-likeness (QED) is 0.178. The van der Waals surface area contributed by atoms with E-state index in [9.17, 15) is 0 Å². The number of rotatable bonds is 18. The van der Waals surface area contributed by atoms with Crippen molar-refractivity contribution in [2.75, 3.05) is 12.3 Å². The molecule has 0 aliphatic heterocycles. The van der Waals surface area contributed by atoms with Crippen LogP contribution < -0.4 is 0 Å². The molecule has 21 heavy (non-hydrogen) atoms. The highest BCUT2D eigenvalue weighted by Crippen LogP contribution is 2.18. The van der Waals surface area contributed by atoms with Crippen molar-refractivity contribution in [3.63, 3.8) is 0 Å². The summed E-state index contributed by atoms with van der Waals surface area (Å²) in [7, 11) is 1.26. The van der Waals surface area contributed by atoms with E-state index < -0.39 is 0 Å². The molecule has 0 bridgehead atoms. The molecule has 0 aliphatic carbocycles. The molecule has 0 rings (SSSR count). The summed E-state index contributed by atoms with van der Waals surface area (Å²) < 4.78 is 0. The lowest BCUT2D eigenvalue weighted by atomic mass is 10.1. The monoisotopic (exact) mass is 314 g/mol. The molecule has 0 aromatic carbocycles. The summed E-state index contributed by atoms with van der Waals surface area (Å²) in [6, 6.07) is 0. The first-order chi connectivity index (χ1) is 10.4. The van der Waals surface area contributed by atoms with Crippen molar-refractivity contribution >= 4 is 8.58 Å². The van der Waals surface area contributed by atoms with Crippen molar-refractivity contribution in [2.45, 2.75) is 117 Å². The van der Waals surface area contributed by atoms with Crippen LogP contribution in [0, 0.1) is 0 Å². The highest BCUT2D eigenvalue weighted by atomic mass is 31.1. The average Bonchev–Trinajstić information content (AvgIpc) is 2.50. The van der Waals surface area contributed by atoms with E-state index in [1.165, 1.54) is 124 Å². The number of unbranched alkanes of at least 4 members (excludes halogenated alkanes) is 14. The van der Waals surface area contributed by atoms with E-state index in [0.29, 0.717) is 0 Å². The van der Waals surface area contributed by atoms with E-state index in [1.54, 1.807) is 0 Å². The van der Waals surface area contributed by atoms with Crippen LogP contribution in [-0.2, 0) is 0 Å². The predicted octanol–water partition coefficient (Wildman–Crippen LogP) is 7.95. The lowest BCUT2D eigenvalue weighted by molar-refractivity contribution is 0.548. The highest BCUT2D eigenvalue weighted by molar-refractivity contribution is 7.37. The molecule has 0 amide bonds. The largest absolute Gasteiger partial charge is 0.122 e. The maximum atomic E-state index is 2.30. The lowest BCUT2D eigenvalue weighted by Crippen LogP contribution is -1.85. The van der Waals surface area contributed by atoms with E-state index in [-0.39, 0.29) is 0 Å². The van der Waals surface area contributed by atoms with Crippen molar-refractivity contribution in [2.24, 2.45) is 0 Å². The molecular weight excluding hydrogens is 271 g/mol. The van der Waals surface area contributed by atoms with Crippen LogP contribution in [0.3, 0.4) is 0 Å². The summed E-state index contributed by atoms with van der Waals surface area (Å²) in [4.78, 5) is 0. The summed E-state index contributed by atoms with van der Waals surface area (Å²) in [5.41, 5.74) is 0. The van der Waals surface area contributed by atoms with Crippen molar-refractivity contribution in [1.29, 1.82) is 0 Å². The van der Waals surface area contributed by atoms with Gasteiger partial charge in [-0.2, -0.15) is 0 Å². The Kier molecular flexibility index (Phi) is 20.8. The SMILES string of the molecule is CCCCCCCCCCCCCCPCCCCCC. The Labute approximate surface area is 138 Å². The fraction of sp³-hybridized carbons (Fsp3) is 1.00. The van der Waals surface area contributed by atoms with Gasteiger partial charge in [0.1, 0.15) is 0 Å². The third-order valence-electron chi connectivity index (χ3n) is 4.41. The maximum absolute atomic E-state index is 2.30. The Morgan fingerprint density at radius 1 is 0.381 bits per heavy atom. The van der Waals surface area contributed by atoms with Gasteiger partial charge in [0.15, 0.2) is 0 Å². The first-order valence-corrected chi connectivity index (χ1v) is 11.5. The van der Waals surface area contributed by atoms with Crippen LogP contribution in [0.1, 0.15) is 117 Å². The van der Waals surface area contributed by atoms with Gasteiger partial charge in [-0.05, 0) is 25.2 Å². The molecule has 0 aromatic heterocycles. The van der Waals surface area contributed by atoms with Crippen LogP contribution in [0.5, 0.6) is 0 Å². The fourth-order valence-electron chi connectivity index (χ4n) is 2.89. The zero-order valence-electron chi connectivity index (χ0n) is 15.2. The standard InChI is InChI=1S/C20H43P/c1-3-5-7-9-10-11-12-13-14-15-16-18-20-21-19-17-8-6-4-2/h21H,3-20H2,1-2H3. The fourth-order valence-corrected chi connectivity index (χ4v) is 4.14. The van der Waals surface area contributed by atoms with E-state index in [0.717, 1.165) is 0 Å². The van der Waals surface area contributed by atoms with E-state index in [2.05, 4.69) is 13.8 Å². The Bertz CT molecular complexity index is 149. The topological polar surface area (TPSA) is 0 Å². The van der Waals surface area contributed by atoms with Crippen LogP contribution in [-0.4, -0.2) is 12.3 Å². The molecule has 1 atom stereocenters. The van der Waals surface area contributed by atoms with Gasteiger partial charge in [0, 0.05) is 0 Å². The molecule has 0 nitrogen and oxygen atoms in total. The van der Waals surface area contributed by atoms with E-state index in [4.69, 9.17) is 0 Å². The van der Waals surface area contributed by atoms with Crippen molar-refractivity contribution < 1.29 is 0 Å². The van der Waals surface area contributed by atoms with Gasteiger partial charge in [-0.1, -0.05) is 104 Å². The Morgan fingerprint density at radius 2 is 0.667 bits per heavy atom. The molecule has 0 saturated heterocycles. The summed E-state index contributed by atoms with van der Waals surface area (Å²) in [6.45, 7) is 4.60. The Balaban J connectivity index is 2.90. The van der Waals surface area contributed by atoms with Gasteiger partial charge < -0.3 is 0 Å². The molecule has 128 valence electrons. The summed E-state index contributed by atoms with van der Waals surface area (Å²) in [6.07, 6.45) is 26.5. The zero-order valence-corrected chi connectivity index (χ0v) is 16.2. The second-order valence-corrected chi connectivity index (χ2v) is 8.20. The van der Waals surface area contributed by atoms with Gasteiger partial charge >= 0.3 is 0 Å². The van der Waals surface area contributed by atoms with Gasteiger partial charge in [0.05, 0.1) is 0 Å². The normalized spacial score (nSPS) is 11.7. The van der Waals surface area contributed by atoms with Gasteiger partial charge in [0.2, 0.25) is 0 Å². The molecule has 0 aromatic rings. The minimum atomic E-state index is 1.26. The Hall–Kier alpha value is 0.430. The summed E-state index contributed by atoms with van der Waals surface area (Å²) in [5.74, 6) is 0. The van der Waals surface area contributed by atoms with Crippen molar-refractivity contribution in [3.8, 4) is 0 Å². The molecule has 0 aliphatic rings. The van der Waals surface area contributed by atoms with Crippen LogP contribution in [0.25, 0.3) is 0 Å². The average molecular weight is 315 g/mol. The minimum Gasteiger partial charge on any atom is -0.122 e. The van der Waals surface area contributed by atoms with Gasteiger partial charge in [0.25, 0.3) is 0 Å². The minimum absolute atomic E-state index is 1.26. The van der Waals surface area contributed by atoms with Gasteiger partial charge in [-0.3, -0.25) is 0 Å². The molecule has 1 heteroatoms. The summed E-state index contributed by atoms with van der Waals surface area (Å²) >= 11 is 0. The first-order valence-electron chi connectivity index (χ1n) is 10.1. The third-order valence-corrected chi connectivity index (χ3v) is 5.83.